The van der Waals surface area contributed by atoms with Gasteiger partial charge in [0, 0.05) is 23.3 Å². The van der Waals surface area contributed by atoms with Crippen molar-refractivity contribution in [2.45, 2.75) is 39.7 Å². The average molecular weight is 427 g/mol. The fraction of sp³-hybridized carbons (Fsp3) is 0.259. The van der Waals surface area contributed by atoms with Crippen LogP contribution >= 0.6 is 0 Å². The molecule has 1 aromatic heterocycles. The lowest BCUT2D eigenvalue weighted by molar-refractivity contribution is -0.118. The monoisotopic (exact) mass is 426 g/mol. The van der Waals surface area contributed by atoms with E-state index >= 15 is 0 Å². The van der Waals surface area contributed by atoms with Crippen LogP contribution in [0.2, 0.25) is 0 Å². The molecule has 1 aliphatic carbocycles. The van der Waals surface area contributed by atoms with Crippen LogP contribution in [-0.2, 0) is 4.79 Å². The van der Waals surface area contributed by atoms with Gasteiger partial charge in [-0.05, 0) is 55.2 Å². The number of aryl methyl sites for hydroxylation is 1. The van der Waals surface area contributed by atoms with Gasteiger partial charge in [0.1, 0.15) is 11.8 Å². The molecule has 1 N–H and O–H groups in total. The van der Waals surface area contributed by atoms with Gasteiger partial charge in [-0.2, -0.15) is 0 Å². The summed E-state index contributed by atoms with van der Waals surface area (Å²) in [5, 5.41) is 3.51. The van der Waals surface area contributed by atoms with E-state index in [0.29, 0.717) is 29.7 Å². The number of carbonyl (C=O) groups is 2. The highest BCUT2D eigenvalue weighted by Crippen LogP contribution is 2.48. The van der Waals surface area contributed by atoms with Gasteiger partial charge in [0.25, 0.3) is 5.91 Å². The Kier molecular flexibility index (Phi) is 4.77. The fourth-order valence-corrected chi connectivity index (χ4v) is 4.76. The topological polar surface area (TPSA) is 62.6 Å². The van der Waals surface area contributed by atoms with Crippen molar-refractivity contribution >= 4 is 23.1 Å². The maximum Gasteiger partial charge on any atom is 0.259 e. The predicted molar refractivity (Wildman–Crippen MR) is 125 cm³/mol. The number of nitrogens with zero attached hydrogens (tertiary/aromatic N) is 1. The summed E-state index contributed by atoms with van der Waals surface area (Å²) in [6.07, 6.45) is 2.73. The summed E-state index contributed by atoms with van der Waals surface area (Å²) in [4.78, 5) is 29.2. The van der Waals surface area contributed by atoms with E-state index in [2.05, 4.69) is 19.2 Å². The molecule has 0 fully saturated rings. The number of anilines is 2. The number of nitrogens with one attached hydrogen (secondary N) is 1. The number of furan rings is 1. The number of Topliss-reactive ketones (excluding diaryl/α,β-unsaturated/α-hetero) is 1. The number of amides is 1. The van der Waals surface area contributed by atoms with Crippen LogP contribution in [0.3, 0.4) is 0 Å². The van der Waals surface area contributed by atoms with Crippen molar-refractivity contribution in [2.75, 3.05) is 10.2 Å². The van der Waals surface area contributed by atoms with Gasteiger partial charge in [0.2, 0.25) is 0 Å². The summed E-state index contributed by atoms with van der Waals surface area (Å²) in [6.45, 7) is 6.19. The predicted octanol–water partition coefficient (Wildman–Crippen LogP) is 6.04. The van der Waals surface area contributed by atoms with Gasteiger partial charge in [-0.1, -0.05) is 43.7 Å². The number of ketones is 1. The Morgan fingerprint density at radius 2 is 1.78 bits per heavy atom. The normalized spacial score (nSPS) is 19.7. The van der Waals surface area contributed by atoms with Gasteiger partial charge in [0.15, 0.2) is 5.78 Å². The first-order chi connectivity index (χ1) is 15.3. The highest BCUT2D eigenvalue weighted by molar-refractivity contribution is 6.11. The third kappa shape index (κ3) is 3.44. The molecule has 2 aromatic carbocycles. The minimum absolute atomic E-state index is 0.0414. The maximum atomic E-state index is 14.0. The Hall–Kier alpha value is -3.60. The zero-order chi connectivity index (χ0) is 22.5. The second-order valence-corrected chi connectivity index (χ2v) is 9.43. The summed E-state index contributed by atoms with van der Waals surface area (Å²) in [6, 6.07) is 18.2. The largest absolute Gasteiger partial charge is 0.467 e. The molecule has 5 heteroatoms. The van der Waals surface area contributed by atoms with Crippen molar-refractivity contribution in [3.8, 4) is 0 Å². The number of benzene rings is 2. The van der Waals surface area contributed by atoms with Gasteiger partial charge < -0.3 is 9.73 Å². The third-order valence-electron chi connectivity index (χ3n) is 6.23. The standard InChI is InChI=1S/C27H26N2O3/c1-17-10-12-18(13-11-17)26(31)29-21-8-5-4-7-19(21)28-20-15-27(2,3)16-22(30)24(20)25(29)23-9-6-14-32-23/h4-14,25,28H,15-16H2,1-3H3/t25-/m1/s1. The van der Waals surface area contributed by atoms with Crippen molar-refractivity contribution in [3.63, 3.8) is 0 Å². The van der Waals surface area contributed by atoms with Gasteiger partial charge in [-0.15, -0.1) is 0 Å². The van der Waals surface area contributed by atoms with Crippen LogP contribution in [0.5, 0.6) is 0 Å². The molecule has 3 aromatic rings. The summed E-state index contributed by atoms with van der Waals surface area (Å²) in [5.74, 6) is 0.441. The van der Waals surface area contributed by atoms with Crippen LogP contribution in [0.25, 0.3) is 0 Å². The van der Waals surface area contributed by atoms with Gasteiger partial charge in [-0.25, -0.2) is 0 Å². The molecule has 0 saturated carbocycles. The summed E-state index contributed by atoms with van der Waals surface area (Å²) in [5.41, 5.74) is 4.47. The Bertz CT molecular complexity index is 1220. The van der Waals surface area contributed by atoms with Crippen molar-refractivity contribution in [2.24, 2.45) is 5.41 Å². The fourth-order valence-electron chi connectivity index (χ4n) is 4.76. The van der Waals surface area contributed by atoms with Gasteiger partial charge in [-0.3, -0.25) is 14.5 Å². The zero-order valence-electron chi connectivity index (χ0n) is 18.5. The number of para-hydroxylation sites is 2. The minimum Gasteiger partial charge on any atom is -0.467 e. The lowest BCUT2D eigenvalue weighted by Crippen LogP contribution is -2.39. The molecule has 1 amide bonds. The molecular formula is C27H26N2O3. The molecule has 0 saturated heterocycles. The molecule has 2 heterocycles. The van der Waals surface area contributed by atoms with E-state index in [9.17, 15) is 9.59 Å². The van der Waals surface area contributed by atoms with E-state index in [-0.39, 0.29) is 17.1 Å². The Morgan fingerprint density at radius 3 is 2.50 bits per heavy atom. The van der Waals surface area contributed by atoms with Crippen LogP contribution in [0, 0.1) is 12.3 Å². The average Bonchev–Trinajstić information content (AvgIpc) is 3.23. The highest BCUT2D eigenvalue weighted by atomic mass is 16.3. The first kappa shape index (κ1) is 20.3. The Labute approximate surface area is 187 Å². The molecule has 2 aliphatic rings. The molecular weight excluding hydrogens is 400 g/mol. The molecule has 0 spiro atoms. The van der Waals surface area contributed by atoms with Gasteiger partial charge >= 0.3 is 0 Å². The smallest absolute Gasteiger partial charge is 0.259 e. The van der Waals surface area contributed by atoms with Crippen LogP contribution in [-0.4, -0.2) is 11.7 Å². The zero-order valence-corrected chi connectivity index (χ0v) is 18.5. The Balaban J connectivity index is 1.76. The van der Waals surface area contributed by atoms with E-state index in [4.69, 9.17) is 4.42 Å². The van der Waals surface area contributed by atoms with Crippen LogP contribution in [0.4, 0.5) is 11.4 Å². The first-order valence-corrected chi connectivity index (χ1v) is 10.9. The number of hydrogen-bond acceptors (Lipinski definition) is 4. The SMILES string of the molecule is Cc1ccc(C(=O)N2c3ccccc3NC3=C(C(=O)CC(C)(C)C3)[C@H]2c2ccco2)cc1. The number of hydrogen-bond donors (Lipinski definition) is 1. The van der Waals surface area contributed by atoms with E-state index in [1.165, 1.54) is 0 Å². The van der Waals surface area contributed by atoms with Crippen molar-refractivity contribution in [1.29, 1.82) is 0 Å². The van der Waals surface area contributed by atoms with Crippen molar-refractivity contribution in [3.05, 3.63) is 95.1 Å². The molecule has 1 atom stereocenters. The van der Waals surface area contributed by atoms with Crippen molar-refractivity contribution < 1.29 is 14.0 Å². The van der Waals surface area contributed by atoms with Crippen LogP contribution in [0.1, 0.15) is 54.4 Å². The number of rotatable bonds is 2. The molecule has 32 heavy (non-hydrogen) atoms. The van der Waals surface area contributed by atoms with Crippen molar-refractivity contribution in [1.82, 2.24) is 0 Å². The van der Waals surface area contributed by atoms with Crippen LogP contribution in [0.15, 0.2) is 82.6 Å². The third-order valence-corrected chi connectivity index (χ3v) is 6.23. The minimum atomic E-state index is -0.645. The molecule has 1 aliphatic heterocycles. The van der Waals surface area contributed by atoms with Gasteiger partial charge in [0.05, 0.1) is 17.6 Å². The second kappa shape index (κ2) is 7.52. The van der Waals surface area contributed by atoms with E-state index in [1.807, 2.05) is 61.5 Å². The Morgan fingerprint density at radius 1 is 1.03 bits per heavy atom. The molecule has 0 radical (unpaired) electrons. The lowest BCUT2D eigenvalue weighted by atomic mass is 9.74. The van der Waals surface area contributed by atoms with E-state index in [0.717, 1.165) is 22.6 Å². The second-order valence-electron chi connectivity index (χ2n) is 9.43. The molecule has 0 bridgehead atoms. The molecule has 5 nitrogen and oxygen atoms in total. The number of allylic oxidation sites excluding steroid dienone is 1. The molecule has 5 rings (SSSR count). The summed E-state index contributed by atoms with van der Waals surface area (Å²) < 4.78 is 5.82. The van der Waals surface area contributed by atoms with E-state index < -0.39 is 6.04 Å². The lowest BCUT2D eigenvalue weighted by Gasteiger charge is -2.36. The summed E-state index contributed by atoms with van der Waals surface area (Å²) in [7, 11) is 0. The quantitative estimate of drug-likeness (QED) is 0.542. The highest BCUT2D eigenvalue weighted by Gasteiger charge is 2.44. The maximum absolute atomic E-state index is 14.0. The van der Waals surface area contributed by atoms with Crippen LogP contribution < -0.4 is 10.2 Å². The number of carbonyl (C=O) groups excluding carboxylic acids is 2. The first-order valence-electron chi connectivity index (χ1n) is 10.9. The molecule has 0 unspecified atom stereocenters. The number of fused-ring (bicyclic) bond motifs is 1. The summed E-state index contributed by atoms with van der Waals surface area (Å²) >= 11 is 0. The van der Waals surface area contributed by atoms with E-state index in [1.54, 1.807) is 17.2 Å². The molecule has 162 valence electrons.